The van der Waals surface area contributed by atoms with E-state index in [1.165, 1.54) is 12.8 Å². The number of nitrogens with zero attached hydrogens (tertiary/aromatic N) is 2. The van der Waals surface area contributed by atoms with Gasteiger partial charge in [-0.25, -0.2) is 0 Å². The fourth-order valence-corrected chi connectivity index (χ4v) is 2.02. The highest BCUT2D eigenvalue weighted by atomic mass is 16.4. The second kappa shape index (κ2) is 3.85. The van der Waals surface area contributed by atoms with Crippen LogP contribution in [0.15, 0.2) is 5.16 Å². The molecule has 0 atom stereocenters. The van der Waals surface area contributed by atoms with Gasteiger partial charge in [0.15, 0.2) is 0 Å². The molecular formula is C9H19N3O. The molecule has 0 aromatic heterocycles. The largest absolute Gasteiger partial charge is 0.408 e. The maximum Gasteiger partial charge on any atom is 0.233 e. The van der Waals surface area contributed by atoms with Crippen LogP contribution < -0.4 is 5.73 Å². The van der Waals surface area contributed by atoms with Crippen molar-refractivity contribution in [1.29, 1.82) is 0 Å². The number of nitrogens with two attached hydrogens (primary N) is 1. The van der Waals surface area contributed by atoms with Crippen LogP contribution in [0.25, 0.3) is 0 Å². The van der Waals surface area contributed by atoms with Crippen molar-refractivity contribution in [1.82, 2.24) is 4.90 Å². The van der Waals surface area contributed by atoms with Crippen LogP contribution >= 0.6 is 0 Å². The van der Waals surface area contributed by atoms with Crippen molar-refractivity contribution < 1.29 is 5.21 Å². The first-order valence-corrected chi connectivity index (χ1v) is 4.90. The van der Waals surface area contributed by atoms with Crippen molar-refractivity contribution in [3.8, 4) is 0 Å². The Morgan fingerprint density at radius 1 is 1.54 bits per heavy atom. The molecule has 1 rings (SSSR count). The van der Waals surface area contributed by atoms with E-state index < -0.39 is 0 Å². The Labute approximate surface area is 79.4 Å². The Kier molecular flexibility index (Phi) is 3.01. The smallest absolute Gasteiger partial charge is 0.233 e. The van der Waals surface area contributed by atoms with E-state index in [0.717, 1.165) is 19.5 Å². The number of oxime groups is 1. The van der Waals surface area contributed by atoms with Gasteiger partial charge in [0.25, 0.3) is 0 Å². The maximum atomic E-state index is 8.53. The summed E-state index contributed by atoms with van der Waals surface area (Å²) in [6.07, 6.45) is 3.48. The molecule has 0 amide bonds. The quantitative estimate of drug-likeness (QED) is 0.294. The summed E-state index contributed by atoms with van der Waals surface area (Å²) in [6, 6.07) is 0. The fraction of sp³-hybridized carbons (Fsp3) is 0.889. The highest BCUT2D eigenvalue weighted by Gasteiger charge is 2.35. The van der Waals surface area contributed by atoms with Gasteiger partial charge in [-0.15, -0.1) is 0 Å². The van der Waals surface area contributed by atoms with Crippen molar-refractivity contribution in [2.24, 2.45) is 16.3 Å². The van der Waals surface area contributed by atoms with Gasteiger partial charge < -0.3 is 15.8 Å². The summed E-state index contributed by atoms with van der Waals surface area (Å²) in [5.74, 6) is 0.253. The zero-order valence-corrected chi connectivity index (χ0v) is 8.45. The average molecular weight is 185 g/mol. The number of hydrogen-bond acceptors (Lipinski definition) is 2. The summed E-state index contributed by atoms with van der Waals surface area (Å²) in [7, 11) is 0. The number of hydrogen-bond donors (Lipinski definition) is 2. The van der Waals surface area contributed by atoms with Crippen molar-refractivity contribution in [3.63, 3.8) is 0 Å². The third kappa shape index (κ3) is 1.87. The van der Waals surface area contributed by atoms with E-state index in [0.29, 0.717) is 5.41 Å². The topological polar surface area (TPSA) is 61.8 Å². The first-order chi connectivity index (χ1) is 6.17. The molecule has 3 N–H and O–H groups in total. The maximum absolute atomic E-state index is 8.53. The second-order valence-electron chi connectivity index (χ2n) is 3.84. The number of rotatable bonds is 2. The molecule has 0 unspecified atom stereocenters. The monoisotopic (exact) mass is 185 g/mol. The van der Waals surface area contributed by atoms with Gasteiger partial charge in [0.2, 0.25) is 5.96 Å². The van der Waals surface area contributed by atoms with Crippen LogP contribution in [0.1, 0.15) is 33.1 Å². The van der Waals surface area contributed by atoms with Crippen LogP contribution in [0.4, 0.5) is 0 Å². The van der Waals surface area contributed by atoms with Crippen molar-refractivity contribution >= 4 is 5.96 Å². The minimum atomic E-state index is 0.253. The zero-order chi connectivity index (χ0) is 9.90. The Balaban J connectivity index is 2.62. The highest BCUT2D eigenvalue weighted by molar-refractivity contribution is 5.77. The van der Waals surface area contributed by atoms with E-state index in [4.69, 9.17) is 10.9 Å². The summed E-state index contributed by atoms with van der Waals surface area (Å²) in [6.45, 7) is 6.26. The molecule has 1 saturated heterocycles. The van der Waals surface area contributed by atoms with Crippen LogP contribution in [0, 0.1) is 5.41 Å². The van der Waals surface area contributed by atoms with Crippen LogP contribution in [-0.2, 0) is 0 Å². The molecular weight excluding hydrogens is 166 g/mol. The molecule has 0 aromatic carbocycles. The van der Waals surface area contributed by atoms with E-state index in [-0.39, 0.29) is 5.96 Å². The molecule has 1 fully saturated rings. The van der Waals surface area contributed by atoms with Crippen molar-refractivity contribution in [3.05, 3.63) is 0 Å². The fourth-order valence-electron chi connectivity index (χ4n) is 2.02. The summed E-state index contributed by atoms with van der Waals surface area (Å²) in [5.41, 5.74) is 5.92. The lowest BCUT2D eigenvalue weighted by Gasteiger charge is -2.26. The zero-order valence-electron chi connectivity index (χ0n) is 8.45. The Morgan fingerprint density at radius 3 is 2.54 bits per heavy atom. The van der Waals surface area contributed by atoms with E-state index in [9.17, 15) is 0 Å². The van der Waals surface area contributed by atoms with Gasteiger partial charge in [-0.2, -0.15) is 0 Å². The lowest BCUT2D eigenvalue weighted by molar-refractivity contribution is 0.268. The molecule has 0 aromatic rings. The number of likely N-dealkylation sites (tertiary alicyclic amines) is 1. The lowest BCUT2D eigenvalue weighted by Crippen LogP contribution is -2.37. The Morgan fingerprint density at radius 2 is 2.15 bits per heavy atom. The normalized spacial score (nSPS) is 22.3. The molecule has 13 heavy (non-hydrogen) atoms. The molecule has 76 valence electrons. The third-order valence-corrected chi connectivity index (χ3v) is 3.36. The molecule has 4 heteroatoms. The third-order valence-electron chi connectivity index (χ3n) is 3.36. The van der Waals surface area contributed by atoms with Crippen molar-refractivity contribution in [2.75, 3.05) is 13.1 Å². The second-order valence-corrected chi connectivity index (χ2v) is 3.84. The summed E-state index contributed by atoms with van der Waals surface area (Å²) in [4.78, 5) is 1.95. The molecule has 0 bridgehead atoms. The summed E-state index contributed by atoms with van der Waals surface area (Å²) < 4.78 is 0. The summed E-state index contributed by atoms with van der Waals surface area (Å²) in [5, 5.41) is 11.6. The predicted molar refractivity (Wildman–Crippen MR) is 52.6 cm³/mol. The van der Waals surface area contributed by atoms with Crippen LogP contribution in [0.5, 0.6) is 0 Å². The minimum Gasteiger partial charge on any atom is -0.408 e. The molecule has 0 radical (unpaired) electrons. The Bertz CT molecular complexity index is 199. The molecule has 0 aliphatic carbocycles. The van der Waals surface area contributed by atoms with Crippen LogP contribution in [0.3, 0.4) is 0 Å². The standard InChI is InChI=1S/C9H19N3O/c1-3-9(4-2)5-6-12(7-9)8(10)11-13/h13H,3-7H2,1-2H3,(H2,10,11). The van der Waals surface area contributed by atoms with Gasteiger partial charge in [-0.05, 0) is 24.7 Å². The van der Waals surface area contributed by atoms with Gasteiger partial charge in [-0.3, -0.25) is 0 Å². The first kappa shape index (κ1) is 10.2. The van der Waals surface area contributed by atoms with Crippen LogP contribution in [0.2, 0.25) is 0 Å². The van der Waals surface area contributed by atoms with Gasteiger partial charge in [0.1, 0.15) is 0 Å². The minimum absolute atomic E-state index is 0.253. The molecule has 0 saturated carbocycles. The highest BCUT2D eigenvalue weighted by Crippen LogP contribution is 2.36. The van der Waals surface area contributed by atoms with E-state index >= 15 is 0 Å². The average Bonchev–Trinajstić information content (AvgIpc) is 2.61. The predicted octanol–water partition coefficient (Wildman–Crippen LogP) is 1.20. The SMILES string of the molecule is CCC1(CC)CCN(C(N)=NO)C1. The molecule has 1 heterocycles. The van der Waals surface area contributed by atoms with Gasteiger partial charge in [-0.1, -0.05) is 19.0 Å². The molecule has 1 aliphatic rings. The van der Waals surface area contributed by atoms with E-state index in [2.05, 4.69) is 19.0 Å². The lowest BCUT2D eigenvalue weighted by atomic mass is 9.82. The summed E-state index contributed by atoms with van der Waals surface area (Å²) >= 11 is 0. The molecule has 1 aliphatic heterocycles. The van der Waals surface area contributed by atoms with E-state index in [1.807, 2.05) is 4.90 Å². The first-order valence-electron chi connectivity index (χ1n) is 4.90. The molecule has 4 nitrogen and oxygen atoms in total. The Hall–Kier alpha value is -0.930. The van der Waals surface area contributed by atoms with Crippen molar-refractivity contribution in [2.45, 2.75) is 33.1 Å². The molecule has 0 spiro atoms. The van der Waals surface area contributed by atoms with E-state index in [1.54, 1.807) is 0 Å². The van der Waals surface area contributed by atoms with Gasteiger partial charge >= 0.3 is 0 Å². The van der Waals surface area contributed by atoms with Gasteiger partial charge in [0.05, 0.1) is 0 Å². The van der Waals surface area contributed by atoms with Gasteiger partial charge in [0, 0.05) is 13.1 Å². The number of guanidine groups is 1. The van der Waals surface area contributed by atoms with Crippen LogP contribution in [-0.4, -0.2) is 29.2 Å².